The fourth-order valence-electron chi connectivity index (χ4n) is 2.38. The molecule has 1 N–H and O–H groups in total. The van der Waals surface area contributed by atoms with E-state index in [0.717, 1.165) is 26.2 Å². The number of hydrogen-bond acceptors (Lipinski definition) is 4. The van der Waals surface area contributed by atoms with Gasteiger partial charge in [-0.15, -0.1) is 0 Å². The summed E-state index contributed by atoms with van der Waals surface area (Å²) in [7, 11) is 3.54. The van der Waals surface area contributed by atoms with Crippen LogP contribution in [0.4, 0.5) is 0 Å². The van der Waals surface area contributed by atoms with Crippen molar-refractivity contribution in [2.75, 3.05) is 40.4 Å². The minimum absolute atomic E-state index is 0.232. The summed E-state index contributed by atoms with van der Waals surface area (Å²) in [5, 5.41) is 3.52. The molecule has 0 amide bonds. The minimum atomic E-state index is 0.232. The molecule has 2 atom stereocenters. The number of nitrogens with one attached hydrogen (secondary N) is 1. The van der Waals surface area contributed by atoms with Crippen LogP contribution < -0.4 is 5.32 Å². The Morgan fingerprint density at radius 2 is 1.61 bits per heavy atom. The van der Waals surface area contributed by atoms with E-state index in [-0.39, 0.29) is 17.7 Å². The van der Waals surface area contributed by atoms with E-state index in [1.165, 1.54) is 12.8 Å². The molecule has 0 aromatic rings. The monoisotopic (exact) mass is 258 g/mol. The van der Waals surface area contributed by atoms with Gasteiger partial charge in [0.15, 0.2) is 0 Å². The number of likely N-dealkylation sites (tertiary alicyclic amines) is 1. The Morgan fingerprint density at radius 3 is 2.06 bits per heavy atom. The Kier molecular flexibility index (Phi) is 6.57. The number of unbranched alkanes of at least 4 members (excludes halogenated alkanes) is 1. The van der Waals surface area contributed by atoms with E-state index in [2.05, 4.69) is 31.0 Å². The summed E-state index contributed by atoms with van der Waals surface area (Å²) in [6, 6.07) is 0. The van der Waals surface area contributed by atoms with Crippen LogP contribution in [0.5, 0.6) is 0 Å². The molecule has 4 nitrogen and oxygen atoms in total. The lowest BCUT2D eigenvalue weighted by atomic mass is 10.1. The van der Waals surface area contributed by atoms with Crippen LogP contribution in [0.3, 0.4) is 0 Å². The molecule has 0 radical (unpaired) electrons. The van der Waals surface area contributed by atoms with E-state index >= 15 is 0 Å². The van der Waals surface area contributed by atoms with Crippen LogP contribution in [-0.2, 0) is 9.47 Å². The summed E-state index contributed by atoms with van der Waals surface area (Å²) in [6.45, 7) is 10.9. The number of hydrogen-bond donors (Lipinski definition) is 1. The molecule has 18 heavy (non-hydrogen) atoms. The van der Waals surface area contributed by atoms with Gasteiger partial charge in [0.05, 0.1) is 12.2 Å². The van der Waals surface area contributed by atoms with Gasteiger partial charge in [-0.25, -0.2) is 0 Å². The lowest BCUT2D eigenvalue weighted by Crippen LogP contribution is -2.36. The quantitative estimate of drug-likeness (QED) is 0.702. The summed E-state index contributed by atoms with van der Waals surface area (Å²) >= 11 is 0. The molecule has 1 fully saturated rings. The van der Waals surface area contributed by atoms with Crippen LogP contribution in [0.15, 0.2) is 0 Å². The third-order valence-corrected chi connectivity index (χ3v) is 3.45. The van der Waals surface area contributed by atoms with Crippen LogP contribution in [0.25, 0.3) is 0 Å². The van der Waals surface area contributed by atoms with Crippen molar-refractivity contribution in [3.8, 4) is 0 Å². The summed E-state index contributed by atoms with van der Waals surface area (Å²) in [4.78, 5) is 2.44. The van der Waals surface area contributed by atoms with Gasteiger partial charge in [0.25, 0.3) is 0 Å². The Morgan fingerprint density at radius 1 is 1.06 bits per heavy atom. The van der Waals surface area contributed by atoms with E-state index in [1.807, 2.05) is 0 Å². The van der Waals surface area contributed by atoms with Gasteiger partial charge in [-0.05, 0) is 46.7 Å². The van der Waals surface area contributed by atoms with E-state index in [0.29, 0.717) is 0 Å². The van der Waals surface area contributed by atoms with Gasteiger partial charge in [-0.2, -0.15) is 0 Å². The molecule has 1 saturated heterocycles. The highest BCUT2D eigenvalue weighted by Gasteiger charge is 2.32. The fraction of sp³-hybridized carbons (Fsp3) is 1.00. The molecule has 0 saturated carbocycles. The second kappa shape index (κ2) is 7.43. The molecule has 1 aliphatic rings. The Balaban J connectivity index is 2.10. The van der Waals surface area contributed by atoms with Gasteiger partial charge in [0.1, 0.15) is 0 Å². The lowest BCUT2D eigenvalue weighted by molar-refractivity contribution is -0.00461. The third-order valence-electron chi connectivity index (χ3n) is 3.45. The molecule has 1 rings (SSSR count). The maximum atomic E-state index is 5.44. The molecule has 0 aromatic heterocycles. The van der Waals surface area contributed by atoms with E-state index in [1.54, 1.807) is 14.2 Å². The summed E-state index contributed by atoms with van der Waals surface area (Å²) < 4.78 is 10.9. The zero-order chi connectivity index (χ0) is 13.6. The molecule has 1 heterocycles. The average Bonchev–Trinajstić information content (AvgIpc) is 2.69. The molecule has 1 aliphatic heterocycles. The van der Waals surface area contributed by atoms with Crippen molar-refractivity contribution in [2.45, 2.75) is 51.4 Å². The number of ether oxygens (including phenoxy) is 2. The topological polar surface area (TPSA) is 33.7 Å². The molecule has 108 valence electrons. The van der Waals surface area contributed by atoms with Crippen molar-refractivity contribution in [1.82, 2.24) is 10.2 Å². The van der Waals surface area contributed by atoms with Gasteiger partial charge in [0, 0.05) is 32.8 Å². The molecular formula is C14H30N2O2. The molecule has 0 aliphatic carbocycles. The van der Waals surface area contributed by atoms with Crippen LogP contribution in [0.2, 0.25) is 0 Å². The maximum absolute atomic E-state index is 5.44. The summed E-state index contributed by atoms with van der Waals surface area (Å²) in [6.07, 6.45) is 2.93. The highest BCUT2D eigenvalue weighted by molar-refractivity contribution is 4.85. The van der Waals surface area contributed by atoms with Crippen LogP contribution in [-0.4, -0.2) is 63.0 Å². The normalized spacial score (nSPS) is 25.8. The van der Waals surface area contributed by atoms with Crippen molar-refractivity contribution in [1.29, 1.82) is 0 Å². The Hall–Kier alpha value is -0.160. The first-order valence-corrected chi connectivity index (χ1v) is 6.99. The van der Waals surface area contributed by atoms with E-state index in [4.69, 9.17) is 9.47 Å². The number of methoxy groups -OCH3 is 2. The summed E-state index contributed by atoms with van der Waals surface area (Å²) in [5.41, 5.74) is 0.232. The standard InChI is InChI=1S/C14H30N2O2/c1-14(2,3)15-8-6-7-9-16-10-12(17-4)13(11-16)18-5/h12-13,15H,6-11H2,1-5H3. The van der Waals surface area contributed by atoms with Gasteiger partial charge in [-0.1, -0.05) is 0 Å². The number of rotatable bonds is 7. The summed E-state index contributed by atoms with van der Waals surface area (Å²) in [5.74, 6) is 0. The van der Waals surface area contributed by atoms with Crippen LogP contribution in [0.1, 0.15) is 33.6 Å². The van der Waals surface area contributed by atoms with Crippen molar-refractivity contribution >= 4 is 0 Å². The first kappa shape index (κ1) is 15.9. The molecule has 0 aromatic carbocycles. The Bertz CT molecular complexity index is 216. The van der Waals surface area contributed by atoms with E-state index in [9.17, 15) is 0 Å². The zero-order valence-electron chi connectivity index (χ0n) is 12.7. The van der Waals surface area contributed by atoms with Crippen LogP contribution in [0, 0.1) is 0 Å². The predicted octanol–water partition coefficient (Wildman–Crippen LogP) is 1.50. The zero-order valence-corrected chi connectivity index (χ0v) is 12.7. The first-order valence-electron chi connectivity index (χ1n) is 6.99. The predicted molar refractivity (Wildman–Crippen MR) is 75.0 cm³/mol. The van der Waals surface area contributed by atoms with Crippen molar-refractivity contribution in [2.24, 2.45) is 0 Å². The number of nitrogens with zero attached hydrogens (tertiary/aromatic N) is 1. The third kappa shape index (κ3) is 5.65. The highest BCUT2D eigenvalue weighted by atomic mass is 16.5. The molecule has 4 heteroatoms. The maximum Gasteiger partial charge on any atom is 0.0971 e. The second-order valence-corrected chi connectivity index (χ2v) is 6.19. The minimum Gasteiger partial charge on any atom is -0.377 e. The molecular weight excluding hydrogens is 228 g/mol. The smallest absolute Gasteiger partial charge is 0.0971 e. The van der Waals surface area contributed by atoms with Gasteiger partial charge in [0.2, 0.25) is 0 Å². The SMILES string of the molecule is COC1CN(CCCCNC(C)(C)C)CC1OC. The Labute approximate surface area is 112 Å². The molecule has 0 spiro atoms. The van der Waals surface area contributed by atoms with Crippen molar-refractivity contribution < 1.29 is 9.47 Å². The van der Waals surface area contributed by atoms with Gasteiger partial charge in [-0.3, -0.25) is 4.90 Å². The second-order valence-electron chi connectivity index (χ2n) is 6.19. The van der Waals surface area contributed by atoms with Crippen molar-refractivity contribution in [3.05, 3.63) is 0 Å². The van der Waals surface area contributed by atoms with Crippen molar-refractivity contribution in [3.63, 3.8) is 0 Å². The lowest BCUT2D eigenvalue weighted by Gasteiger charge is -2.21. The van der Waals surface area contributed by atoms with Gasteiger partial charge < -0.3 is 14.8 Å². The molecule has 0 bridgehead atoms. The largest absolute Gasteiger partial charge is 0.377 e. The first-order chi connectivity index (χ1) is 8.46. The van der Waals surface area contributed by atoms with E-state index < -0.39 is 0 Å². The highest BCUT2D eigenvalue weighted by Crippen LogP contribution is 2.16. The fourth-order valence-corrected chi connectivity index (χ4v) is 2.38. The average molecular weight is 258 g/mol. The molecule has 2 unspecified atom stereocenters. The van der Waals surface area contributed by atoms with Gasteiger partial charge >= 0.3 is 0 Å². The van der Waals surface area contributed by atoms with Crippen LogP contribution >= 0.6 is 0 Å².